The average Bonchev–Trinajstić information content (AvgIpc) is 2.97. The van der Waals surface area contributed by atoms with Crippen LogP contribution in [0.3, 0.4) is 0 Å². The van der Waals surface area contributed by atoms with E-state index < -0.39 is 46.7 Å². The fraction of sp³-hybridized carbons (Fsp3) is 0.211. The molecule has 0 spiro atoms. The van der Waals surface area contributed by atoms with Gasteiger partial charge in [-0.1, -0.05) is 12.1 Å². The fourth-order valence-electron chi connectivity index (χ4n) is 2.67. The van der Waals surface area contributed by atoms with Crippen molar-refractivity contribution >= 4 is 33.4 Å². The molecule has 2 aromatic rings. The summed E-state index contributed by atoms with van der Waals surface area (Å²) in [6.45, 7) is 0.680. The number of nitrogens with one attached hydrogen (secondary N) is 2. The van der Waals surface area contributed by atoms with Crippen molar-refractivity contribution < 1.29 is 40.7 Å². The van der Waals surface area contributed by atoms with E-state index in [9.17, 15) is 31.2 Å². The Labute approximate surface area is 180 Å². The van der Waals surface area contributed by atoms with E-state index in [1.165, 1.54) is 31.2 Å². The number of amides is 1. The van der Waals surface area contributed by atoms with Crippen molar-refractivity contribution in [2.45, 2.75) is 24.2 Å². The van der Waals surface area contributed by atoms with Crippen LogP contribution in [0.2, 0.25) is 0 Å². The van der Waals surface area contributed by atoms with Crippen LogP contribution in [-0.4, -0.2) is 45.1 Å². The van der Waals surface area contributed by atoms with Crippen LogP contribution in [0.5, 0.6) is 5.75 Å². The van der Waals surface area contributed by atoms with E-state index in [2.05, 4.69) is 19.8 Å². The molecule has 32 heavy (non-hydrogen) atoms. The Bertz CT molecular complexity index is 1160. The number of hydrogen-bond donors (Lipinski definition) is 2. The lowest BCUT2D eigenvalue weighted by Gasteiger charge is -2.11. The first-order valence-corrected chi connectivity index (χ1v) is 10.5. The van der Waals surface area contributed by atoms with Crippen LogP contribution in [0.15, 0.2) is 58.4 Å². The number of anilines is 1. The number of amidine groups is 1. The van der Waals surface area contributed by atoms with Crippen LogP contribution < -0.4 is 14.8 Å². The van der Waals surface area contributed by atoms with Crippen molar-refractivity contribution in [3.05, 3.63) is 54.1 Å². The lowest BCUT2D eigenvalue weighted by atomic mass is 10.2. The number of nitrogens with zero attached hydrogens (tertiary/aromatic N) is 1. The standard InChI is InChI=1S/C19H16F3N3O6S/c1-11(23-17-14-4-2-3-5-15(14)32(28,29)25-17)18(27)30-10-16(26)24-12-6-8-13(9-7-12)31-19(20,21)22/h2-9,11H,10H2,1H3,(H,23,25)(H,24,26)/t11-/m0/s1. The molecule has 0 fully saturated rings. The topological polar surface area (TPSA) is 123 Å². The van der Waals surface area contributed by atoms with Crippen LogP contribution in [0.25, 0.3) is 0 Å². The minimum Gasteiger partial charge on any atom is -0.454 e. The van der Waals surface area contributed by atoms with Crippen molar-refractivity contribution in [3.63, 3.8) is 0 Å². The molecule has 3 rings (SSSR count). The normalized spacial score (nSPS) is 16.6. The summed E-state index contributed by atoms with van der Waals surface area (Å²) in [6, 6.07) is 9.35. The highest BCUT2D eigenvalue weighted by atomic mass is 32.2. The second kappa shape index (κ2) is 8.86. The van der Waals surface area contributed by atoms with E-state index in [0.29, 0.717) is 5.56 Å². The first-order chi connectivity index (χ1) is 14.9. The monoisotopic (exact) mass is 471 g/mol. The maximum absolute atomic E-state index is 12.1. The second-order valence-electron chi connectivity index (χ2n) is 6.48. The van der Waals surface area contributed by atoms with Crippen LogP contribution >= 0.6 is 0 Å². The fourth-order valence-corrected chi connectivity index (χ4v) is 3.91. The number of esters is 1. The van der Waals surface area contributed by atoms with Gasteiger partial charge in [-0.3, -0.25) is 14.5 Å². The summed E-state index contributed by atoms with van der Waals surface area (Å²) >= 11 is 0. The van der Waals surface area contributed by atoms with Gasteiger partial charge in [0.1, 0.15) is 17.6 Å². The SMILES string of the molecule is C[C@H](N=C1NS(=O)(=O)c2ccccc21)C(=O)OCC(=O)Nc1ccc(OC(F)(F)F)cc1. The molecule has 1 aliphatic rings. The zero-order chi connectivity index (χ0) is 23.5. The predicted molar refractivity (Wildman–Crippen MR) is 105 cm³/mol. The number of hydrogen-bond acceptors (Lipinski definition) is 7. The Hall–Kier alpha value is -3.61. The van der Waals surface area contributed by atoms with Crippen molar-refractivity contribution in [1.29, 1.82) is 0 Å². The van der Waals surface area contributed by atoms with Crippen molar-refractivity contribution in [2.75, 3.05) is 11.9 Å². The Morgan fingerprint density at radius 3 is 2.44 bits per heavy atom. The highest BCUT2D eigenvalue weighted by Gasteiger charge is 2.32. The number of benzene rings is 2. The van der Waals surface area contributed by atoms with Gasteiger partial charge in [0.25, 0.3) is 15.9 Å². The van der Waals surface area contributed by atoms with Crippen LogP contribution in [0.1, 0.15) is 12.5 Å². The van der Waals surface area contributed by atoms with E-state index in [0.717, 1.165) is 12.1 Å². The van der Waals surface area contributed by atoms with E-state index in [4.69, 9.17) is 4.74 Å². The van der Waals surface area contributed by atoms with Crippen LogP contribution in [-0.2, 0) is 24.3 Å². The first-order valence-electron chi connectivity index (χ1n) is 8.97. The lowest BCUT2D eigenvalue weighted by Crippen LogP contribution is -2.28. The van der Waals surface area contributed by atoms with Crippen LogP contribution in [0.4, 0.5) is 18.9 Å². The largest absolute Gasteiger partial charge is 0.573 e. The summed E-state index contributed by atoms with van der Waals surface area (Å²) in [5.74, 6) is -2.10. The third-order valence-electron chi connectivity index (χ3n) is 4.04. The van der Waals surface area contributed by atoms with Gasteiger partial charge in [0.15, 0.2) is 6.61 Å². The molecule has 0 radical (unpaired) electrons. The number of ether oxygens (including phenoxy) is 2. The summed E-state index contributed by atoms with van der Waals surface area (Å²) in [5, 5.41) is 2.34. The summed E-state index contributed by atoms with van der Waals surface area (Å²) in [6.07, 6.45) is -4.83. The quantitative estimate of drug-likeness (QED) is 0.623. The summed E-state index contributed by atoms with van der Waals surface area (Å²) in [5.41, 5.74) is 0.466. The van der Waals surface area contributed by atoms with E-state index >= 15 is 0 Å². The van der Waals surface area contributed by atoms with Crippen LogP contribution in [0, 0.1) is 0 Å². The highest BCUT2D eigenvalue weighted by Crippen LogP contribution is 2.24. The molecule has 170 valence electrons. The molecule has 9 nitrogen and oxygen atoms in total. The smallest absolute Gasteiger partial charge is 0.454 e. The molecule has 1 amide bonds. The minimum atomic E-state index is -4.83. The zero-order valence-electron chi connectivity index (χ0n) is 16.3. The van der Waals surface area contributed by atoms with E-state index in [1.807, 2.05) is 0 Å². The Morgan fingerprint density at radius 2 is 1.78 bits per heavy atom. The number of carbonyl (C=O) groups is 2. The molecule has 1 atom stereocenters. The van der Waals surface area contributed by atoms with Gasteiger partial charge in [0.05, 0.1) is 4.90 Å². The molecule has 1 heterocycles. The second-order valence-corrected chi connectivity index (χ2v) is 8.13. The average molecular weight is 471 g/mol. The van der Waals surface area contributed by atoms with Gasteiger partial charge in [-0.2, -0.15) is 0 Å². The molecule has 0 aliphatic carbocycles. The lowest BCUT2D eigenvalue weighted by molar-refractivity contribution is -0.274. The molecule has 0 saturated carbocycles. The maximum Gasteiger partial charge on any atom is 0.573 e. The molecule has 0 bridgehead atoms. The van der Waals surface area contributed by atoms with E-state index in [1.54, 1.807) is 12.1 Å². The predicted octanol–water partition coefficient (Wildman–Crippen LogP) is 2.19. The first kappa shape index (κ1) is 23.1. The van der Waals surface area contributed by atoms with Gasteiger partial charge in [-0.15, -0.1) is 13.2 Å². The number of alkyl halides is 3. The van der Waals surface area contributed by atoms with Crippen molar-refractivity contribution in [3.8, 4) is 5.75 Å². The highest BCUT2D eigenvalue weighted by molar-refractivity contribution is 7.90. The summed E-state index contributed by atoms with van der Waals surface area (Å²) in [7, 11) is -3.77. The van der Waals surface area contributed by atoms with Gasteiger partial charge < -0.3 is 14.8 Å². The Balaban J connectivity index is 1.54. The number of halogens is 3. The Kier molecular flexibility index (Phi) is 6.39. The van der Waals surface area contributed by atoms with Gasteiger partial charge in [0, 0.05) is 11.3 Å². The Morgan fingerprint density at radius 1 is 1.12 bits per heavy atom. The summed E-state index contributed by atoms with van der Waals surface area (Å²) in [4.78, 5) is 28.1. The molecular formula is C19H16F3N3O6S. The van der Waals surface area contributed by atoms with Gasteiger partial charge >= 0.3 is 12.3 Å². The van der Waals surface area contributed by atoms with Gasteiger partial charge in [0.2, 0.25) is 0 Å². The number of aliphatic imine (C=N–C) groups is 1. The number of rotatable bonds is 6. The van der Waals surface area contributed by atoms with Gasteiger partial charge in [-0.05, 0) is 43.3 Å². The zero-order valence-corrected chi connectivity index (χ0v) is 17.2. The van der Waals surface area contributed by atoms with E-state index in [-0.39, 0.29) is 16.4 Å². The molecule has 1 aliphatic heterocycles. The third-order valence-corrected chi connectivity index (χ3v) is 5.44. The number of sulfonamides is 1. The number of carbonyl (C=O) groups excluding carboxylic acids is 2. The molecule has 0 aromatic heterocycles. The van der Waals surface area contributed by atoms with Gasteiger partial charge in [-0.25, -0.2) is 13.2 Å². The third kappa shape index (κ3) is 5.75. The molecule has 0 saturated heterocycles. The maximum atomic E-state index is 12.1. The van der Waals surface area contributed by atoms with Crippen molar-refractivity contribution in [1.82, 2.24) is 4.72 Å². The summed E-state index contributed by atoms with van der Waals surface area (Å²) < 4.78 is 71.4. The minimum absolute atomic E-state index is 0.0179. The molecule has 2 aromatic carbocycles. The number of fused-ring (bicyclic) bond motifs is 1. The molecule has 0 unspecified atom stereocenters. The molecule has 13 heteroatoms. The molecule has 2 N–H and O–H groups in total. The van der Waals surface area contributed by atoms with Crippen molar-refractivity contribution in [2.24, 2.45) is 4.99 Å². The molecular weight excluding hydrogens is 455 g/mol.